The highest BCUT2D eigenvalue weighted by Crippen LogP contribution is 2.27. The number of hydrogen-bond acceptors (Lipinski definition) is 5. The Kier molecular flexibility index (Phi) is 3.26. The van der Waals surface area contributed by atoms with Gasteiger partial charge < -0.3 is 14.5 Å². The Balaban J connectivity index is 2.48. The standard InChI is InChI=1S/C11H13NO3S/c1-12-4-3-7-5-9-10(6-8(7)14-2)16-11(13)15-9/h5-6,12H,3-4H2,1-2H3. The van der Waals surface area contributed by atoms with E-state index in [9.17, 15) is 4.79 Å². The Morgan fingerprint density at radius 2 is 2.31 bits per heavy atom. The zero-order valence-electron chi connectivity index (χ0n) is 9.20. The van der Waals surface area contributed by atoms with Gasteiger partial charge in [-0.3, -0.25) is 0 Å². The van der Waals surface area contributed by atoms with E-state index in [1.54, 1.807) is 7.11 Å². The van der Waals surface area contributed by atoms with E-state index in [-0.39, 0.29) is 4.94 Å². The average Bonchev–Trinajstić information content (AvgIpc) is 2.63. The van der Waals surface area contributed by atoms with Crippen molar-refractivity contribution in [2.45, 2.75) is 6.42 Å². The van der Waals surface area contributed by atoms with Crippen molar-refractivity contribution in [2.75, 3.05) is 20.7 Å². The van der Waals surface area contributed by atoms with Gasteiger partial charge in [-0.05, 0) is 31.6 Å². The molecule has 0 aliphatic heterocycles. The van der Waals surface area contributed by atoms with Crippen LogP contribution >= 0.6 is 11.3 Å². The lowest BCUT2D eigenvalue weighted by molar-refractivity contribution is 0.410. The Hall–Kier alpha value is -1.33. The van der Waals surface area contributed by atoms with E-state index >= 15 is 0 Å². The van der Waals surface area contributed by atoms with E-state index in [0.717, 1.165) is 40.3 Å². The van der Waals surface area contributed by atoms with Gasteiger partial charge in [0.25, 0.3) is 0 Å². The smallest absolute Gasteiger partial charge is 0.396 e. The molecule has 2 rings (SSSR count). The number of methoxy groups -OCH3 is 1. The summed E-state index contributed by atoms with van der Waals surface area (Å²) in [6, 6.07) is 3.74. The summed E-state index contributed by atoms with van der Waals surface area (Å²) in [5.74, 6) is 0.805. The van der Waals surface area contributed by atoms with Gasteiger partial charge in [0.05, 0.1) is 11.8 Å². The molecular weight excluding hydrogens is 226 g/mol. The first-order valence-electron chi connectivity index (χ1n) is 4.99. The molecule has 1 N–H and O–H groups in total. The minimum atomic E-state index is -0.275. The van der Waals surface area contributed by atoms with E-state index in [0.29, 0.717) is 5.58 Å². The quantitative estimate of drug-likeness (QED) is 0.881. The highest BCUT2D eigenvalue weighted by molar-refractivity contribution is 7.16. The van der Waals surface area contributed by atoms with E-state index in [2.05, 4.69) is 5.32 Å². The second-order valence-corrected chi connectivity index (χ2v) is 4.40. The SMILES string of the molecule is CNCCc1cc2oc(=O)sc2cc1OC. The first kappa shape index (κ1) is 11.2. The predicted molar refractivity (Wildman–Crippen MR) is 64.5 cm³/mol. The summed E-state index contributed by atoms with van der Waals surface area (Å²) in [5, 5.41) is 3.08. The van der Waals surface area contributed by atoms with Crippen LogP contribution in [0.2, 0.25) is 0 Å². The molecule has 4 nitrogen and oxygen atoms in total. The summed E-state index contributed by atoms with van der Waals surface area (Å²) in [6.07, 6.45) is 0.842. The van der Waals surface area contributed by atoms with Crippen LogP contribution in [-0.2, 0) is 6.42 Å². The van der Waals surface area contributed by atoms with Crippen LogP contribution in [0.25, 0.3) is 10.3 Å². The summed E-state index contributed by atoms with van der Waals surface area (Å²) in [4.78, 5) is 10.8. The molecule has 0 atom stereocenters. The molecule has 16 heavy (non-hydrogen) atoms. The number of likely N-dealkylation sites (N-methyl/N-ethyl adjacent to an activating group) is 1. The fraction of sp³-hybridized carbons (Fsp3) is 0.364. The second kappa shape index (κ2) is 4.67. The normalized spacial score (nSPS) is 10.9. The van der Waals surface area contributed by atoms with Crippen molar-refractivity contribution in [1.82, 2.24) is 5.32 Å². The molecule has 0 saturated carbocycles. The highest BCUT2D eigenvalue weighted by Gasteiger charge is 2.09. The molecule has 1 aromatic carbocycles. The monoisotopic (exact) mass is 239 g/mol. The predicted octanol–water partition coefficient (Wildman–Crippen LogP) is 1.62. The molecule has 0 radical (unpaired) electrons. The third-order valence-corrected chi connectivity index (χ3v) is 3.17. The Labute approximate surface area is 96.8 Å². The fourth-order valence-electron chi connectivity index (χ4n) is 1.59. The molecule has 5 heteroatoms. The maximum atomic E-state index is 11.1. The molecule has 0 unspecified atom stereocenters. The zero-order chi connectivity index (χ0) is 11.5. The maximum absolute atomic E-state index is 11.1. The Morgan fingerprint density at radius 3 is 3.00 bits per heavy atom. The molecule has 86 valence electrons. The molecular formula is C11H13NO3S. The summed E-state index contributed by atoms with van der Waals surface area (Å²) in [6.45, 7) is 0.857. The van der Waals surface area contributed by atoms with Crippen molar-refractivity contribution < 1.29 is 9.15 Å². The van der Waals surface area contributed by atoms with Gasteiger partial charge in [-0.25, -0.2) is 4.79 Å². The van der Waals surface area contributed by atoms with E-state index in [1.807, 2.05) is 19.2 Å². The molecule has 0 aliphatic carbocycles. The number of ether oxygens (including phenoxy) is 1. The first-order valence-corrected chi connectivity index (χ1v) is 5.81. The lowest BCUT2D eigenvalue weighted by Gasteiger charge is -2.07. The number of nitrogens with one attached hydrogen (secondary N) is 1. The topological polar surface area (TPSA) is 51.5 Å². The molecule has 0 saturated heterocycles. The van der Waals surface area contributed by atoms with Crippen LogP contribution in [0, 0.1) is 0 Å². The molecule has 0 bridgehead atoms. The zero-order valence-corrected chi connectivity index (χ0v) is 10.0. The maximum Gasteiger partial charge on any atom is 0.396 e. The van der Waals surface area contributed by atoms with Crippen LogP contribution in [0.1, 0.15) is 5.56 Å². The van der Waals surface area contributed by atoms with Gasteiger partial charge in [0.2, 0.25) is 0 Å². The van der Waals surface area contributed by atoms with Crippen LogP contribution in [0.4, 0.5) is 0 Å². The number of hydrogen-bond donors (Lipinski definition) is 1. The lowest BCUT2D eigenvalue weighted by Crippen LogP contribution is -2.10. The number of benzene rings is 1. The fourth-order valence-corrected chi connectivity index (χ4v) is 2.27. The van der Waals surface area contributed by atoms with Crippen molar-refractivity contribution in [3.05, 3.63) is 27.4 Å². The highest BCUT2D eigenvalue weighted by atomic mass is 32.1. The number of fused-ring (bicyclic) bond motifs is 1. The summed E-state index contributed by atoms with van der Waals surface area (Å²) in [5.41, 5.74) is 1.69. The third-order valence-electron chi connectivity index (χ3n) is 2.38. The van der Waals surface area contributed by atoms with Crippen LogP contribution in [0.3, 0.4) is 0 Å². The lowest BCUT2D eigenvalue weighted by atomic mass is 10.1. The first-order chi connectivity index (χ1) is 7.74. The largest absolute Gasteiger partial charge is 0.496 e. The van der Waals surface area contributed by atoms with Crippen LogP contribution in [0.15, 0.2) is 21.3 Å². The molecule has 1 aromatic heterocycles. The summed E-state index contributed by atoms with van der Waals surface area (Å²) >= 11 is 1.10. The van der Waals surface area contributed by atoms with Crippen LogP contribution in [-0.4, -0.2) is 20.7 Å². The van der Waals surface area contributed by atoms with Crippen LogP contribution in [0.5, 0.6) is 5.75 Å². The minimum Gasteiger partial charge on any atom is -0.496 e. The van der Waals surface area contributed by atoms with Gasteiger partial charge in [-0.2, -0.15) is 0 Å². The molecule has 2 aromatic rings. The van der Waals surface area contributed by atoms with Gasteiger partial charge in [0.15, 0.2) is 0 Å². The van der Waals surface area contributed by atoms with Gasteiger partial charge in [-0.15, -0.1) is 0 Å². The van der Waals surface area contributed by atoms with E-state index < -0.39 is 0 Å². The van der Waals surface area contributed by atoms with Crippen molar-refractivity contribution in [3.8, 4) is 5.75 Å². The van der Waals surface area contributed by atoms with Crippen molar-refractivity contribution in [3.63, 3.8) is 0 Å². The van der Waals surface area contributed by atoms with E-state index in [4.69, 9.17) is 9.15 Å². The molecule has 1 heterocycles. The molecule has 0 aliphatic rings. The van der Waals surface area contributed by atoms with E-state index in [1.165, 1.54) is 0 Å². The average molecular weight is 239 g/mol. The Bertz CT molecular complexity index is 544. The van der Waals surface area contributed by atoms with Gasteiger partial charge >= 0.3 is 4.94 Å². The van der Waals surface area contributed by atoms with Gasteiger partial charge in [0.1, 0.15) is 11.3 Å². The molecule has 0 fully saturated rings. The Morgan fingerprint density at radius 1 is 1.50 bits per heavy atom. The minimum absolute atomic E-state index is 0.275. The van der Waals surface area contributed by atoms with Crippen molar-refractivity contribution in [1.29, 1.82) is 0 Å². The third kappa shape index (κ3) is 2.10. The summed E-state index contributed by atoms with van der Waals surface area (Å²) < 4.78 is 11.2. The van der Waals surface area contributed by atoms with Gasteiger partial charge in [-0.1, -0.05) is 11.3 Å². The molecule has 0 amide bonds. The van der Waals surface area contributed by atoms with Gasteiger partial charge in [0, 0.05) is 6.07 Å². The second-order valence-electron chi connectivity index (χ2n) is 3.42. The summed E-state index contributed by atoms with van der Waals surface area (Å²) in [7, 11) is 3.53. The van der Waals surface area contributed by atoms with Crippen LogP contribution < -0.4 is 15.0 Å². The number of rotatable bonds is 4. The van der Waals surface area contributed by atoms with Crippen molar-refractivity contribution >= 4 is 21.6 Å². The van der Waals surface area contributed by atoms with Crippen molar-refractivity contribution in [2.24, 2.45) is 0 Å². The molecule has 0 spiro atoms.